The third-order valence-corrected chi connectivity index (χ3v) is 10.4. The van der Waals surface area contributed by atoms with E-state index < -0.39 is 16.1 Å². The van der Waals surface area contributed by atoms with Gasteiger partial charge in [0.1, 0.15) is 21.5 Å². The highest BCUT2D eigenvalue weighted by Gasteiger charge is 2.42. The molecule has 4 aromatic rings. The molecule has 1 atom stereocenters. The molecule has 8 nitrogen and oxygen atoms in total. The number of rotatable bonds is 7. The van der Waals surface area contributed by atoms with Gasteiger partial charge in [0.2, 0.25) is 5.91 Å². The van der Waals surface area contributed by atoms with Gasteiger partial charge in [-0.25, -0.2) is 13.4 Å². The molecule has 1 aromatic carbocycles. The maximum Gasteiger partial charge on any atom is 0.253 e. The first kappa shape index (κ1) is 24.1. The SMILES string of the molecule is COc1cccc2sc(N(Cc3cccnc3)C(=O)C3CCCN3S(=O)(=O)c3ccc(Cl)s3)nc12. The molecule has 1 amide bonds. The molecule has 5 rings (SSSR count). The van der Waals surface area contributed by atoms with Gasteiger partial charge in [0, 0.05) is 18.9 Å². The van der Waals surface area contributed by atoms with Crippen LogP contribution < -0.4 is 9.64 Å². The van der Waals surface area contributed by atoms with Gasteiger partial charge in [0.15, 0.2) is 5.13 Å². The molecular formula is C23H21ClN4O4S3. The Hall–Kier alpha value is -2.57. The third-order valence-electron chi connectivity index (χ3n) is 5.75. The largest absolute Gasteiger partial charge is 0.494 e. The van der Waals surface area contributed by atoms with Crippen molar-refractivity contribution in [1.29, 1.82) is 0 Å². The summed E-state index contributed by atoms with van der Waals surface area (Å²) in [5.74, 6) is 0.286. The number of ether oxygens (including phenoxy) is 1. The summed E-state index contributed by atoms with van der Waals surface area (Å²) in [7, 11) is -2.29. The van der Waals surface area contributed by atoms with E-state index in [1.54, 1.807) is 36.5 Å². The van der Waals surface area contributed by atoms with Gasteiger partial charge in [-0.1, -0.05) is 35.1 Å². The molecular weight excluding hydrogens is 528 g/mol. The van der Waals surface area contributed by atoms with Crippen LogP contribution in [0, 0.1) is 0 Å². The second-order valence-electron chi connectivity index (χ2n) is 7.92. The van der Waals surface area contributed by atoms with Crippen LogP contribution in [0.15, 0.2) is 59.1 Å². The van der Waals surface area contributed by atoms with Crippen LogP contribution in [-0.2, 0) is 21.4 Å². The molecule has 1 saturated heterocycles. The van der Waals surface area contributed by atoms with Crippen molar-refractivity contribution < 1.29 is 17.9 Å². The average Bonchev–Trinajstić information content (AvgIpc) is 3.62. The Kier molecular flexibility index (Phi) is 6.78. The van der Waals surface area contributed by atoms with E-state index in [2.05, 4.69) is 4.98 Å². The fraction of sp³-hybridized carbons (Fsp3) is 0.261. The monoisotopic (exact) mass is 548 g/mol. The number of benzene rings is 1. The van der Waals surface area contributed by atoms with E-state index in [0.717, 1.165) is 21.6 Å². The van der Waals surface area contributed by atoms with Gasteiger partial charge >= 0.3 is 0 Å². The second kappa shape index (κ2) is 9.82. The van der Waals surface area contributed by atoms with Crippen molar-refractivity contribution in [3.8, 4) is 5.75 Å². The highest BCUT2D eigenvalue weighted by molar-refractivity contribution is 7.91. The summed E-state index contributed by atoms with van der Waals surface area (Å²) in [5.41, 5.74) is 1.47. The maximum atomic E-state index is 14.0. The lowest BCUT2D eigenvalue weighted by atomic mass is 10.2. The first-order valence-electron chi connectivity index (χ1n) is 10.8. The first-order chi connectivity index (χ1) is 16.9. The number of sulfonamides is 1. The summed E-state index contributed by atoms with van der Waals surface area (Å²) in [6.07, 6.45) is 4.36. The molecule has 1 fully saturated rings. The second-order valence-corrected chi connectivity index (χ2v) is 12.8. The molecule has 0 saturated carbocycles. The van der Waals surface area contributed by atoms with E-state index in [-0.39, 0.29) is 23.2 Å². The topological polar surface area (TPSA) is 92.7 Å². The van der Waals surface area contributed by atoms with Gasteiger partial charge in [-0.3, -0.25) is 14.7 Å². The molecule has 0 radical (unpaired) electrons. The van der Waals surface area contributed by atoms with Crippen LogP contribution in [-0.4, -0.2) is 48.3 Å². The normalized spacial score (nSPS) is 16.6. The number of hydrogen-bond donors (Lipinski definition) is 0. The van der Waals surface area contributed by atoms with Gasteiger partial charge in [-0.15, -0.1) is 11.3 Å². The van der Waals surface area contributed by atoms with Gasteiger partial charge in [-0.2, -0.15) is 4.31 Å². The number of carbonyl (C=O) groups is 1. The van der Waals surface area contributed by atoms with E-state index in [9.17, 15) is 13.2 Å². The summed E-state index contributed by atoms with van der Waals surface area (Å²) >= 11 is 8.34. The number of methoxy groups -OCH3 is 1. The molecule has 3 aromatic heterocycles. The molecule has 1 aliphatic rings. The minimum absolute atomic E-state index is 0.130. The number of thiazole rings is 1. The Morgan fingerprint density at radius 3 is 2.80 bits per heavy atom. The van der Waals surface area contributed by atoms with Gasteiger partial charge in [0.25, 0.3) is 10.0 Å². The predicted molar refractivity (Wildman–Crippen MR) is 138 cm³/mol. The van der Waals surface area contributed by atoms with Gasteiger partial charge in [-0.05, 0) is 48.7 Å². The molecule has 1 unspecified atom stereocenters. The smallest absolute Gasteiger partial charge is 0.253 e. The summed E-state index contributed by atoms with van der Waals surface area (Å²) < 4.78 is 34.9. The molecule has 1 aliphatic heterocycles. The zero-order valence-electron chi connectivity index (χ0n) is 18.6. The molecule has 4 heterocycles. The number of thiophene rings is 1. The fourth-order valence-corrected chi connectivity index (χ4v) is 8.36. The summed E-state index contributed by atoms with van der Waals surface area (Å²) in [6, 6.07) is 11.5. The highest BCUT2D eigenvalue weighted by atomic mass is 35.5. The van der Waals surface area contributed by atoms with Crippen molar-refractivity contribution in [1.82, 2.24) is 14.3 Å². The quantitative estimate of drug-likeness (QED) is 0.329. The maximum absolute atomic E-state index is 14.0. The van der Waals surface area contributed by atoms with Crippen molar-refractivity contribution in [3.63, 3.8) is 0 Å². The number of nitrogens with zero attached hydrogens (tertiary/aromatic N) is 4. The Morgan fingerprint density at radius 2 is 2.09 bits per heavy atom. The van der Waals surface area contributed by atoms with E-state index >= 15 is 0 Å². The summed E-state index contributed by atoms with van der Waals surface area (Å²) in [5, 5.41) is 0.474. The van der Waals surface area contributed by atoms with E-state index in [1.807, 2.05) is 24.3 Å². The Labute approximate surface area is 215 Å². The van der Waals surface area contributed by atoms with Crippen LogP contribution in [0.2, 0.25) is 4.34 Å². The lowest BCUT2D eigenvalue weighted by molar-refractivity contribution is -0.121. The molecule has 0 aliphatic carbocycles. The van der Waals surface area contributed by atoms with E-state index in [4.69, 9.17) is 21.3 Å². The number of fused-ring (bicyclic) bond motifs is 1. The average molecular weight is 549 g/mol. The van der Waals surface area contributed by atoms with Gasteiger partial charge < -0.3 is 4.74 Å². The van der Waals surface area contributed by atoms with E-state index in [0.29, 0.717) is 33.6 Å². The number of carbonyl (C=O) groups excluding carboxylic acids is 1. The molecule has 0 N–H and O–H groups in total. The first-order valence-corrected chi connectivity index (χ1v) is 14.2. The molecule has 0 spiro atoms. The summed E-state index contributed by atoms with van der Waals surface area (Å²) in [6.45, 7) is 0.479. The van der Waals surface area contributed by atoms with Crippen LogP contribution in [0.25, 0.3) is 10.2 Å². The molecule has 182 valence electrons. The zero-order chi connectivity index (χ0) is 24.6. The minimum Gasteiger partial charge on any atom is -0.494 e. The molecule has 35 heavy (non-hydrogen) atoms. The standard InChI is InChI=1S/C23H21ClN4O4S3/c1-32-17-7-2-8-18-21(17)26-23(33-18)27(14-15-5-3-11-25-13-15)22(29)16-6-4-12-28(16)35(30,31)20-10-9-19(24)34-20/h2-3,5,7-11,13,16H,4,6,12,14H2,1H3. The van der Waals surface area contributed by atoms with Crippen molar-refractivity contribution in [2.24, 2.45) is 0 Å². The molecule has 0 bridgehead atoms. The van der Waals surface area contributed by atoms with Crippen LogP contribution in [0.3, 0.4) is 0 Å². The third kappa shape index (κ3) is 4.66. The molecule has 12 heteroatoms. The minimum atomic E-state index is -3.87. The number of amides is 1. The number of pyridine rings is 1. The Balaban J connectivity index is 1.54. The van der Waals surface area contributed by atoms with Gasteiger partial charge in [0.05, 0.1) is 22.7 Å². The van der Waals surface area contributed by atoms with Crippen LogP contribution >= 0.6 is 34.3 Å². The Morgan fingerprint density at radius 1 is 1.23 bits per heavy atom. The van der Waals surface area contributed by atoms with Crippen molar-refractivity contribution in [2.45, 2.75) is 29.6 Å². The van der Waals surface area contributed by atoms with Crippen LogP contribution in [0.1, 0.15) is 18.4 Å². The Bertz CT molecular complexity index is 1470. The number of hydrogen-bond acceptors (Lipinski definition) is 8. The highest BCUT2D eigenvalue weighted by Crippen LogP contribution is 2.37. The van der Waals surface area contributed by atoms with Crippen molar-refractivity contribution in [3.05, 3.63) is 64.8 Å². The van der Waals surface area contributed by atoms with Crippen molar-refractivity contribution in [2.75, 3.05) is 18.6 Å². The lowest BCUT2D eigenvalue weighted by Gasteiger charge is -2.28. The predicted octanol–water partition coefficient (Wildman–Crippen LogP) is 4.80. The van der Waals surface area contributed by atoms with Crippen LogP contribution in [0.4, 0.5) is 5.13 Å². The number of anilines is 1. The fourth-order valence-electron chi connectivity index (χ4n) is 4.11. The van der Waals surface area contributed by atoms with Crippen LogP contribution in [0.5, 0.6) is 5.75 Å². The number of halogens is 1. The number of para-hydroxylation sites is 1. The number of aromatic nitrogens is 2. The van der Waals surface area contributed by atoms with E-state index in [1.165, 1.54) is 21.7 Å². The zero-order valence-corrected chi connectivity index (χ0v) is 21.8. The summed E-state index contributed by atoms with van der Waals surface area (Å²) in [4.78, 5) is 24.4. The van der Waals surface area contributed by atoms with Crippen molar-refractivity contribution >= 4 is 65.6 Å². The lowest BCUT2D eigenvalue weighted by Crippen LogP contribution is -2.47.